The average molecular weight is 227 g/mol. The van der Waals surface area contributed by atoms with Crippen LogP contribution in [-0.4, -0.2) is 21.7 Å². The van der Waals surface area contributed by atoms with Crippen LogP contribution in [0, 0.1) is 0 Å². The van der Waals surface area contributed by atoms with Gasteiger partial charge in [0.1, 0.15) is 0 Å². The number of nitrogens with one attached hydrogen (secondary N) is 1. The summed E-state index contributed by atoms with van der Waals surface area (Å²) in [5, 5.41) is 0. The van der Waals surface area contributed by atoms with Gasteiger partial charge in [-0.3, -0.25) is 9.36 Å². The van der Waals surface area contributed by atoms with Gasteiger partial charge in [-0.25, -0.2) is 4.79 Å². The third-order valence-electron chi connectivity index (χ3n) is 2.74. The van der Waals surface area contributed by atoms with E-state index in [2.05, 4.69) is 4.98 Å². The Morgan fingerprint density at radius 1 is 1.73 bits per heavy atom. The largest absolute Gasteiger partial charge is 0.369 e. The number of imidazole rings is 1. The van der Waals surface area contributed by atoms with Crippen LogP contribution in [0.2, 0.25) is 0 Å². The summed E-state index contributed by atoms with van der Waals surface area (Å²) in [6.07, 6.45) is 3.40. The Kier molecular flexibility index (Phi) is 2.60. The molecule has 1 aromatic heterocycles. The van der Waals surface area contributed by atoms with Gasteiger partial charge < -0.3 is 10.7 Å². The number of nitrogens with zero attached hydrogens (tertiary/aromatic N) is 1. The first-order valence-corrected chi connectivity index (χ1v) is 6.14. The van der Waals surface area contributed by atoms with Crippen LogP contribution in [0.1, 0.15) is 23.7 Å². The Labute approximate surface area is 91.0 Å². The lowest BCUT2D eigenvalue weighted by Gasteiger charge is -2.01. The van der Waals surface area contributed by atoms with E-state index in [9.17, 15) is 9.59 Å². The molecule has 0 spiro atoms. The number of nitrogens with two attached hydrogens (primary N) is 1. The van der Waals surface area contributed by atoms with Crippen molar-refractivity contribution in [2.45, 2.75) is 24.6 Å². The Balaban J connectivity index is 2.44. The zero-order chi connectivity index (χ0) is 11.0. The molecule has 0 saturated heterocycles. The Bertz CT molecular complexity index is 449. The minimum absolute atomic E-state index is 0.139. The van der Waals surface area contributed by atoms with Gasteiger partial charge in [0.2, 0.25) is 5.91 Å². The summed E-state index contributed by atoms with van der Waals surface area (Å²) >= 11 is 1.58. The maximum Gasteiger partial charge on any atom is 0.326 e. The number of aromatic nitrogens is 2. The van der Waals surface area contributed by atoms with Gasteiger partial charge in [0.05, 0.1) is 17.5 Å². The van der Waals surface area contributed by atoms with Crippen molar-refractivity contribution in [3.8, 4) is 0 Å². The van der Waals surface area contributed by atoms with Crippen molar-refractivity contribution in [2.75, 3.05) is 6.26 Å². The van der Waals surface area contributed by atoms with E-state index in [0.717, 1.165) is 17.8 Å². The third-order valence-corrected chi connectivity index (χ3v) is 3.26. The number of carbonyl (C=O) groups is 1. The first-order chi connectivity index (χ1) is 7.15. The second-order valence-electron chi connectivity index (χ2n) is 3.63. The maximum absolute atomic E-state index is 11.6. The second kappa shape index (κ2) is 3.77. The highest BCUT2D eigenvalue weighted by Gasteiger charge is 2.31. The minimum Gasteiger partial charge on any atom is -0.369 e. The van der Waals surface area contributed by atoms with Crippen LogP contribution in [0.5, 0.6) is 0 Å². The first-order valence-electron chi connectivity index (χ1n) is 4.75. The monoisotopic (exact) mass is 227 g/mol. The number of rotatable bonds is 3. The number of hydrogen-bond acceptors (Lipinski definition) is 3. The van der Waals surface area contributed by atoms with Crippen molar-refractivity contribution in [3.63, 3.8) is 0 Å². The smallest absolute Gasteiger partial charge is 0.326 e. The molecule has 1 heterocycles. The molecular weight excluding hydrogens is 214 g/mol. The normalized spacial score (nSPS) is 19.1. The zero-order valence-corrected chi connectivity index (χ0v) is 9.26. The molecule has 0 bridgehead atoms. The molecule has 1 atom stereocenters. The van der Waals surface area contributed by atoms with Gasteiger partial charge in [-0.1, -0.05) is 0 Å². The number of hydrogen-bond donors (Lipinski definition) is 2. The molecule has 6 heteroatoms. The van der Waals surface area contributed by atoms with E-state index in [1.807, 2.05) is 6.26 Å². The topological polar surface area (TPSA) is 80.9 Å². The average Bonchev–Trinajstić information content (AvgIpc) is 2.68. The lowest BCUT2D eigenvalue weighted by atomic mass is 10.1. The van der Waals surface area contributed by atoms with Crippen molar-refractivity contribution in [2.24, 2.45) is 5.73 Å². The number of amides is 1. The molecule has 2 rings (SSSR count). The van der Waals surface area contributed by atoms with E-state index in [0.29, 0.717) is 12.3 Å². The van der Waals surface area contributed by atoms with E-state index in [1.165, 1.54) is 0 Å². The van der Waals surface area contributed by atoms with E-state index < -0.39 is 0 Å². The molecule has 3 N–H and O–H groups in total. The Hall–Kier alpha value is -1.17. The van der Waals surface area contributed by atoms with Gasteiger partial charge in [-0.15, -0.1) is 11.8 Å². The molecule has 0 radical (unpaired) electrons. The molecule has 0 fully saturated rings. The highest BCUT2D eigenvalue weighted by molar-refractivity contribution is 7.97. The summed E-state index contributed by atoms with van der Waals surface area (Å²) in [6, 6.07) is 0. The van der Waals surface area contributed by atoms with Crippen LogP contribution >= 0.6 is 11.8 Å². The van der Waals surface area contributed by atoms with Crippen LogP contribution in [-0.2, 0) is 17.1 Å². The molecule has 1 amide bonds. The summed E-state index contributed by atoms with van der Waals surface area (Å²) in [7, 11) is 0. The van der Waals surface area contributed by atoms with E-state index in [1.54, 1.807) is 16.3 Å². The van der Waals surface area contributed by atoms with E-state index in [4.69, 9.17) is 5.73 Å². The van der Waals surface area contributed by atoms with E-state index >= 15 is 0 Å². The molecule has 0 saturated carbocycles. The molecule has 0 aromatic carbocycles. The number of H-pyrrole nitrogens is 1. The predicted octanol–water partition coefficient (Wildman–Crippen LogP) is 0.0120. The van der Waals surface area contributed by atoms with E-state index in [-0.39, 0.29) is 17.5 Å². The fourth-order valence-electron chi connectivity index (χ4n) is 2.06. The second-order valence-corrected chi connectivity index (χ2v) is 4.47. The van der Waals surface area contributed by atoms with Crippen LogP contribution in [0.25, 0.3) is 0 Å². The molecular formula is C9H13N3O2S. The van der Waals surface area contributed by atoms with Crippen LogP contribution in [0.4, 0.5) is 0 Å². The van der Waals surface area contributed by atoms with Crippen molar-refractivity contribution in [1.82, 2.24) is 9.55 Å². The SMILES string of the molecule is CSCn1c2c([nH]c1=O)[C@@H](C(N)=O)CC2. The first kappa shape index (κ1) is 10.4. The molecule has 0 unspecified atom stereocenters. The highest BCUT2D eigenvalue weighted by atomic mass is 32.2. The molecule has 1 aliphatic carbocycles. The quantitative estimate of drug-likeness (QED) is 0.763. The minimum atomic E-state index is -0.355. The Morgan fingerprint density at radius 3 is 3.07 bits per heavy atom. The van der Waals surface area contributed by atoms with Crippen molar-refractivity contribution in [3.05, 3.63) is 21.9 Å². The van der Waals surface area contributed by atoms with Crippen molar-refractivity contribution in [1.29, 1.82) is 0 Å². The van der Waals surface area contributed by atoms with Crippen molar-refractivity contribution >= 4 is 17.7 Å². The molecule has 82 valence electrons. The number of carbonyl (C=O) groups excluding carboxylic acids is 1. The molecule has 0 aliphatic heterocycles. The molecule has 15 heavy (non-hydrogen) atoms. The van der Waals surface area contributed by atoms with Gasteiger partial charge in [0.15, 0.2) is 0 Å². The van der Waals surface area contributed by atoms with Gasteiger partial charge in [0, 0.05) is 5.69 Å². The summed E-state index contributed by atoms with van der Waals surface area (Å²) in [5.41, 5.74) is 6.80. The number of fused-ring (bicyclic) bond motifs is 1. The van der Waals surface area contributed by atoms with Gasteiger partial charge >= 0.3 is 5.69 Å². The van der Waals surface area contributed by atoms with Crippen LogP contribution < -0.4 is 11.4 Å². The lowest BCUT2D eigenvalue weighted by Crippen LogP contribution is -2.21. The summed E-state index contributed by atoms with van der Waals surface area (Å²) in [6.45, 7) is 0. The van der Waals surface area contributed by atoms with Gasteiger partial charge in [-0.2, -0.15) is 0 Å². The van der Waals surface area contributed by atoms with Crippen LogP contribution in [0.15, 0.2) is 4.79 Å². The lowest BCUT2D eigenvalue weighted by molar-refractivity contribution is -0.119. The van der Waals surface area contributed by atoms with Crippen molar-refractivity contribution < 1.29 is 4.79 Å². The Morgan fingerprint density at radius 2 is 2.47 bits per heavy atom. The molecule has 1 aliphatic rings. The number of aromatic amines is 1. The zero-order valence-electron chi connectivity index (χ0n) is 8.45. The van der Waals surface area contributed by atoms with Gasteiger partial charge in [-0.05, 0) is 19.1 Å². The summed E-state index contributed by atoms with van der Waals surface area (Å²) in [4.78, 5) is 25.4. The predicted molar refractivity (Wildman–Crippen MR) is 58.8 cm³/mol. The maximum atomic E-state index is 11.6. The van der Waals surface area contributed by atoms with Gasteiger partial charge in [0.25, 0.3) is 0 Å². The summed E-state index contributed by atoms with van der Waals surface area (Å²) in [5.74, 6) is -0.0435. The van der Waals surface area contributed by atoms with Crippen LogP contribution in [0.3, 0.4) is 0 Å². The standard InChI is InChI=1S/C9H13N3O2S/c1-15-4-12-6-3-2-5(8(10)13)7(6)11-9(12)14/h5H,2-4H2,1H3,(H2,10,13)(H,11,14)/t5-/m0/s1. The third kappa shape index (κ3) is 1.58. The highest BCUT2D eigenvalue weighted by Crippen LogP contribution is 2.30. The number of primary amides is 1. The summed E-state index contributed by atoms with van der Waals surface area (Å²) < 4.78 is 1.68. The molecule has 5 nitrogen and oxygen atoms in total. The molecule has 1 aromatic rings. The fourth-order valence-corrected chi connectivity index (χ4v) is 2.59. The number of thioether (sulfide) groups is 1. The fraction of sp³-hybridized carbons (Fsp3) is 0.556.